The lowest BCUT2D eigenvalue weighted by Gasteiger charge is -2.22. The summed E-state index contributed by atoms with van der Waals surface area (Å²) in [5, 5.41) is 16.3. The minimum atomic E-state index is 0. The van der Waals surface area contributed by atoms with E-state index in [2.05, 4.69) is 43.2 Å². The molecule has 0 aromatic carbocycles. The van der Waals surface area contributed by atoms with Crippen LogP contribution in [0.15, 0.2) is 4.99 Å². The Morgan fingerprint density at radius 3 is 2.50 bits per heavy atom. The summed E-state index contributed by atoms with van der Waals surface area (Å²) >= 11 is 0. The molecule has 2 aliphatic rings. The van der Waals surface area contributed by atoms with Crippen molar-refractivity contribution in [1.82, 2.24) is 15.5 Å². The van der Waals surface area contributed by atoms with Crippen molar-refractivity contribution < 1.29 is 5.11 Å². The summed E-state index contributed by atoms with van der Waals surface area (Å²) in [7, 11) is 0. The van der Waals surface area contributed by atoms with Gasteiger partial charge in [-0.15, -0.1) is 24.0 Å². The lowest BCUT2D eigenvalue weighted by molar-refractivity contribution is 0.216. The molecule has 1 saturated carbocycles. The Hall–Kier alpha value is -0.0800. The van der Waals surface area contributed by atoms with Gasteiger partial charge in [0.1, 0.15) is 0 Å². The summed E-state index contributed by atoms with van der Waals surface area (Å²) in [6, 6.07) is 1.05. The molecule has 0 aromatic heterocycles. The first kappa shape index (κ1) is 20.0. The molecule has 2 unspecified atom stereocenters. The van der Waals surface area contributed by atoms with E-state index in [0.717, 1.165) is 45.0 Å². The largest absolute Gasteiger partial charge is 0.396 e. The van der Waals surface area contributed by atoms with Gasteiger partial charge in [-0.2, -0.15) is 0 Å². The van der Waals surface area contributed by atoms with Gasteiger partial charge in [0.05, 0.1) is 13.2 Å². The van der Waals surface area contributed by atoms with Gasteiger partial charge in [-0.1, -0.05) is 6.92 Å². The molecule has 22 heavy (non-hydrogen) atoms. The highest BCUT2D eigenvalue weighted by Gasteiger charge is 2.42. The van der Waals surface area contributed by atoms with E-state index in [9.17, 15) is 5.11 Å². The lowest BCUT2D eigenvalue weighted by atomic mass is 10.1. The summed E-state index contributed by atoms with van der Waals surface area (Å²) < 4.78 is 0. The molecule has 2 fully saturated rings. The molecule has 2 atom stereocenters. The summed E-state index contributed by atoms with van der Waals surface area (Å²) in [6.45, 7) is 13.0. The number of aliphatic hydroxyl groups is 1. The predicted molar refractivity (Wildman–Crippen MR) is 103 cm³/mol. The van der Waals surface area contributed by atoms with Crippen molar-refractivity contribution in [2.45, 2.75) is 52.6 Å². The van der Waals surface area contributed by atoms with E-state index in [-0.39, 0.29) is 36.0 Å². The molecule has 5 nitrogen and oxygen atoms in total. The van der Waals surface area contributed by atoms with Crippen molar-refractivity contribution in [2.75, 3.05) is 32.8 Å². The van der Waals surface area contributed by atoms with E-state index in [1.807, 2.05) is 0 Å². The monoisotopic (exact) mass is 424 g/mol. The Balaban J connectivity index is 0.00000242. The van der Waals surface area contributed by atoms with Crippen molar-refractivity contribution in [3.8, 4) is 0 Å². The maximum absolute atomic E-state index is 9.40. The van der Waals surface area contributed by atoms with Crippen LogP contribution in [0.5, 0.6) is 0 Å². The smallest absolute Gasteiger partial charge is 0.191 e. The number of aliphatic imine (C=N–C) groups is 1. The molecule has 0 amide bonds. The van der Waals surface area contributed by atoms with Crippen LogP contribution in [0.2, 0.25) is 0 Å². The number of guanidine groups is 1. The van der Waals surface area contributed by atoms with Gasteiger partial charge < -0.3 is 15.7 Å². The standard InChI is InChI=1S/C16H32N4O.HI/c1-5-17-15(18-10-16(11-21)6-7-16)19-14-9-20(12(2)3)8-13(14)4;/h12-14,21H,5-11H2,1-4H3,(H2,17,18,19);1H. The summed E-state index contributed by atoms with van der Waals surface area (Å²) in [5.41, 5.74) is 0.0770. The fourth-order valence-corrected chi connectivity index (χ4v) is 2.90. The molecule has 1 aliphatic carbocycles. The van der Waals surface area contributed by atoms with Crippen LogP contribution >= 0.6 is 24.0 Å². The van der Waals surface area contributed by atoms with Gasteiger partial charge in [0.15, 0.2) is 5.96 Å². The minimum absolute atomic E-state index is 0. The van der Waals surface area contributed by atoms with E-state index in [4.69, 9.17) is 4.99 Å². The van der Waals surface area contributed by atoms with Crippen LogP contribution in [0, 0.1) is 11.3 Å². The summed E-state index contributed by atoms with van der Waals surface area (Å²) in [5.74, 6) is 1.53. The normalized spacial score (nSPS) is 27.6. The van der Waals surface area contributed by atoms with E-state index >= 15 is 0 Å². The van der Waals surface area contributed by atoms with Gasteiger partial charge in [0, 0.05) is 37.1 Å². The van der Waals surface area contributed by atoms with Crippen molar-refractivity contribution in [3.63, 3.8) is 0 Å². The van der Waals surface area contributed by atoms with Crippen LogP contribution in [0.3, 0.4) is 0 Å². The van der Waals surface area contributed by atoms with Crippen LogP contribution < -0.4 is 10.6 Å². The average Bonchev–Trinajstić information content (AvgIpc) is 3.15. The Kier molecular flexibility index (Phi) is 7.88. The zero-order chi connectivity index (χ0) is 15.5. The van der Waals surface area contributed by atoms with Crippen molar-refractivity contribution in [3.05, 3.63) is 0 Å². The molecular weight excluding hydrogens is 391 g/mol. The molecule has 130 valence electrons. The van der Waals surface area contributed by atoms with Gasteiger partial charge in [-0.3, -0.25) is 9.89 Å². The molecule has 0 spiro atoms. The zero-order valence-corrected chi connectivity index (χ0v) is 16.8. The SMILES string of the molecule is CCNC(=NCC1(CO)CC1)NC1CN(C(C)C)CC1C.I. The van der Waals surface area contributed by atoms with Crippen LogP contribution in [-0.2, 0) is 0 Å². The maximum Gasteiger partial charge on any atom is 0.191 e. The average molecular weight is 424 g/mol. The second kappa shape index (κ2) is 8.68. The number of halogens is 1. The van der Waals surface area contributed by atoms with E-state index in [1.165, 1.54) is 0 Å². The van der Waals surface area contributed by atoms with Crippen LogP contribution in [0.25, 0.3) is 0 Å². The number of aliphatic hydroxyl groups excluding tert-OH is 1. The zero-order valence-electron chi connectivity index (χ0n) is 14.4. The molecule has 6 heteroatoms. The highest BCUT2D eigenvalue weighted by Crippen LogP contribution is 2.45. The molecule has 0 aromatic rings. The Bertz CT molecular complexity index is 371. The lowest BCUT2D eigenvalue weighted by Crippen LogP contribution is -2.47. The van der Waals surface area contributed by atoms with Gasteiger partial charge >= 0.3 is 0 Å². The molecule has 3 N–H and O–H groups in total. The molecule has 1 saturated heterocycles. The number of hydrogen-bond acceptors (Lipinski definition) is 3. The third-order valence-electron chi connectivity index (χ3n) is 4.90. The second-order valence-electron chi connectivity index (χ2n) is 7.13. The Morgan fingerprint density at radius 2 is 2.05 bits per heavy atom. The molecule has 0 radical (unpaired) electrons. The fraction of sp³-hybridized carbons (Fsp3) is 0.938. The molecule has 0 bridgehead atoms. The van der Waals surface area contributed by atoms with Crippen molar-refractivity contribution >= 4 is 29.9 Å². The number of hydrogen-bond donors (Lipinski definition) is 3. The van der Waals surface area contributed by atoms with E-state index in [0.29, 0.717) is 18.0 Å². The first-order valence-corrected chi connectivity index (χ1v) is 8.39. The summed E-state index contributed by atoms with van der Waals surface area (Å²) in [4.78, 5) is 7.22. The number of rotatable bonds is 6. The Morgan fingerprint density at radius 1 is 1.36 bits per heavy atom. The molecule has 1 aliphatic heterocycles. The molecular formula is C16H33IN4O. The van der Waals surface area contributed by atoms with E-state index < -0.39 is 0 Å². The maximum atomic E-state index is 9.40. The van der Waals surface area contributed by atoms with Crippen LogP contribution in [0.1, 0.15) is 40.5 Å². The van der Waals surface area contributed by atoms with Gasteiger partial charge in [-0.25, -0.2) is 0 Å². The number of nitrogens with one attached hydrogen (secondary N) is 2. The highest BCUT2D eigenvalue weighted by atomic mass is 127. The first-order chi connectivity index (χ1) is 9.99. The van der Waals surface area contributed by atoms with Gasteiger partial charge in [0.2, 0.25) is 0 Å². The number of likely N-dealkylation sites (tertiary alicyclic amines) is 1. The van der Waals surface area contributed by atoms with Gasteiger partial charge in [-0.05, 0) is 39.5 Å². The topological polar surface area (TPSA) is 59.9 Å². The van der Waals surface area contributed by atoms with Crippen LogP contribution in [-0.4, -0.2) is 60.8 Å². The first-order valence-electron chi connectivity index (χ1n) is 8.39. The van der Waals surface area contributed by atoms with Crippen LogP contribution in [0.4, 0.5) is 0 Å². The van der Waals surface area contributed by atoms with E-state index in [1.54, 1.807) is 0 Å². The Labute approximate surface area is 152 Å². The molecule has 1 heterocycles. The van der Waals surface area contributed by atoms with Crippen molar-refractivity contribution in [1.29, 1.82) is 0 Å². The highest BCUT2D eigenvalue weighted by molar-refractivity contribution is 14.0. The quantitative estimate of drug-likeness (QED) is 0.345. The third-order valence-corrected chi connectivity index (χ3v) is 4.90. The minimum Gasteiger partial charge on any atom is -0.396 e. The fourth-order valence-electron chi connectivity index (χ4n) is 2.90. The number of nitrogens with zero attached hydrogens (tertiary/aromatic N) is 2. The van der Waals surface area contributed by atoms with Crippen molar-refractivity contribution in [2.24, 2.45) is 16.3 Å². The summed E-state index contributed by atoms with van der Waals surface area (Å²) in [6.07, 6.45) is 2.21. The predicted octanol–water partition coefficient (Wildman–Crippen LogP) is 1.66. The van der Waals surface area contributed by atoms with Gasteiger partial charge in [0.25, 0.3) is 0 Å². The second-order valence-corrected chi connectivity index (χ2v) is 7.13. The molecule has 2 rings (SSSR count). The third kappa shape index (κ3) is 5.23.